The first-order valence-corrected chi connectivity index (χ1v) is 11.1. The number of hydrogen-bond donors (Lipinski definition) is 2. The summed E-state index contributed by atoms with van der Waals surface area (Å²) in [7, 11) is 0. The summed E-state index contributed by atoms with van der Waals surface area (Å²) in [5.41, 5.74) is 0.921. The highest BCUT2D eigenvalue weighted by atomic mass is 35.5. The van der Waals surface area contributed by atoms with E-state index in [0.717, 1.165) is 17.5 Å². The fraction of sp³-hybridized carbons (Fsp3) is 0.167. The Balaban J connectivity index is 1.46. The van der Waals surface area contributed by atoms with Crippen LogP contribution in [-0.2, 0) is 6.18 Å². The fourth-order valence-corrected chi connectivity index (χ4v) is 4.34. The molecule has 0 radical (unpaired) electrons. The zero-order valence-electron chi connectivity index (χ0n) is 16.3. The van der Waals surface area contributed by atoms with Crippen molar-refractivity contribution in [1.82, 2.24) is 30.2 Å². The van der Waals surface area contributed by atoms with E-state index in [2.05, 4.69) is 35.6 Å². The van der Waals surface area contributed by atoms with E-state index < -0.39 is 34.6 Å². The molecule has 0 aliphatic heterocycles. The van der Waals surface area contributed by atoms with E-state index in [0.29, 0.717) is 21.4 Å². The van der Waals surface area contributed by atoms with Crippen molar-refractivity contribution in [1.29, 1.82) is 0 Å². The number of carbonyl (C=O) groups excluding carboxylic acids is 2. The lowest BCUT2D eigenvalue weighted by Crippen LogP contribution is -2.27. The molecule has 170 valence electrons. The summed E-state index contributed by atoms with van der Waals surface area (Å²) >= 11 is 7.77. The van der Waals surface area contributed by atoms with Crippen molar-refractivity contribution in [3.05, 3.63) is 56.5 Å². The number of aromatic nitrogens is 5. The van der Waals surface area contributed by atoms with Gasteiger partial charge in [0.2, 0.25) is 0 Å². The molecule has 2 amide bonds. The molecule has 0 aliphatic rings. The third kappa shape index (κ3) is 4.91. The number of alkyl halides is 3. The zero-order chi connectivity index (χ0) is 23.8. The standard InChI is InChI=1S/C18H11ClF3N7O2S2/c1-7(28-15(31)12-13-17(26-5-25-12)32-6-27-13)16-24-4-10(33-16)14(30)29-11-2-8(18(20,21)22)9(19)3-23-11/h2-7H,1H3,(H,28,31)(H,23,29,30)/t7-/m1/s1. The van der Waals surface area contributed by atoms with Crippen LogP contribution < -0.4 is 10.6 Å². The topological polar surface area (TPSA) is 123 Å². The molecule has 0 aliphatic carbocycles. The number of amides is 2. The maximum Gasteiger partial charge on any atom is 0.418 e. The Morgan fingerprint density at radius 2 is 1.88 bits per heavy atom. The Morgan fingerprint density at radius 3 is 2.64 bits per heavy atom. The molecule has 0 aromatic carbocycles. The quantitative estimate of drug-likeness (QED) is 0.406. The van der Waals surface area contributed by atoms with E-state index in [1.165, 1.54) is 23.9 Å². The van der Waals surface area contributed by atoms with Crippen LogP contribution in [0.15, 0.2) is 30.3 Å². The van der Waals surface area contributed by atoms with Crippen molar-refractivity contribution in [3.63, 3.8) is 0 Å². The van der Waals surface area contributed by atoms with E-state index >= 15 is 0 Å². The Bertz CT molecular complexity index is 1360. The molecule has 0 saturated heterocycles. The molecule has 0 saturated carbocycles. The van der Waals surface area contributed by atoms with Gasteiger partial charge in [-0.1, -0.05) is 11.6 Å². The van der Waals surface area contributed by atoms with Crippen LogP contribution >= 0.6 is 34.3 Å². The molecular formula is C18H11ClF3N7O2S2. The maximum atomic E-state index is 13.0. The first-order chi connectivity index (χ1) is 15.6. The molecule has 2 N–H and O–H groups in total. The van der Waals surface area contributed by atoms with Gasteiger partial charge >= 0.3 is 6.18 Å². The van der Waals surface area contributed by atoms with Crippen LogP contribution in [0.4, 0.5) is 19.0 Å². The first-order valence-electron chi connectivity index (χ1n) is 8.98. The van der Waals surface area contributed by atoms with E-state index in [1.54, 1.807) is 12.4 Å². The zero-order valence-corrected chi connectivity index (χ0v) is 18.7. The first kappa shape index (κ1) is 22.9. The van der Waals surface area contributed by atoms with Crippen LogP contribution in [0.3, 0.4) is 0 Å². The second kappa shape index (κ2) is 8.96. The number of carbonyl (C=O) groups is 2. The monoisotopic (exact) mass is 513 g/mol. The molecule has 0 spiro atoms. The van der Waals surface area contributed by atoms with Crippen molar-refractivity contribution in [3.8, 4) is 0 Å². The number of anilines is 1. The lowest BCUT2D eigenvalue weighted by atomic mass is 10.2. The van der Waals surface area contributed by atoms with Crippen LogP contribution in [0.25, 0.3) is 10.3 Å². The number of nitrogens with zero attached hydrogens (tertiary/aromatic N) is 5. The molecule has 0 bridgehead atoms. The smallest absolute Gasteiger partial charge is 0.342 e. The molecule has 4 heterocycles. The molecule has 4 rings (SSSR count). The van der Waals surface area contributed by atoms with Gasteiger partial charge in [0, 0.05) is 6.20 Å². The number of rotatable bonds is 5. The lowest BCUT2D eigenvalue weighted by molar-refractivity contribution is -0.137. The molecular weight excluding hydrogens is 503 g/mol. The number of thiazole rings is 2. The largest absolute Gasteiger partial charge is 0.418 e. The van der Waals surface area contributed by atoms with Gasteiger partial charge in [-0.15, -0.1) is 22.7 Å². The fourth-order valence-electron chi connectivity index (χ4n) is 2.68. The molecule has 15 heteroatoms. The minimum atomic E-state index is -4.70. The number of nitrogens with one attached hydrogen (secondary N) is 2. The minimum Gasteiger partial charge on any atom is -0.342 e. The molecule has 1 atom stereocenters. The second-order valence-electron chi connectivity index (χ2n) is 6.49. The highest BCUT2D eigenvalue weighted by Gasteiger charge is 2.34. The molecule has 4 aromatic rings. The Hall–Kier alpha value is -3.23. The third-order valence-corrected chi connectivity index (χ3v) is 6.43. The predicted octanol–water partition coefficient (Wildman–Crippen LogP) is 4.35. The summed E-state index contributed by atoms with van der Waals surface area (Å²) in [5, 5.41) is 4.83. The highest BCUT2D eigenvalue weighted by Crippen LogP contribution is 2.35. The van der Waals surface area contributed by atoms with Gasteiger partial charge in [0.05, 0.1) is 28.3 Å². The molecule has 9 nitrogen and oxygen atoms in total. The number of fused-ring (bicyclic) bond motifs is 1. The van der Waals surface area contributed by atoms with E-state index in [-0.39, 0.29) is 16.4 Å². The van der Waals surface area contributed by atoms with Crippen LogP contribution in [0.5, 0.6) is 0 Å². The normalized spacial score (nSPS) is 12.5. The summed E-state index contributed by atoms with van der Waals surface area (Å²) in [4.78, 5) is 45.7. The Morgan fingerprint density at radius 1 is 1.09 bits per heavy atom. The maximum absolute atomic E-state index is 13.0. The number of hydrogen-bond acceptors (Lipinski definition) is 9. The van der Waals surface area contributed by atoms with Gasteiger partial charge in [-0.25, -0.2) is 24.9 Å². The van der Waals surface area contributed by atoms with Crippen molar-refractivity contribution in [2.24, 2.45) is 0 Å². The van der Waals surface area contributed by atoms with Crippen molar-refractivity contribution in [2.45, 2.75) is 19.1 Å². The minimum absolute atomic E-state index is 0.108. The predicted molar refractivity (Wildman–Crippen MR) is 115 cm³/mol. The van der Waals surface area contributed by atoms with Gasteiger partial charge in [0.1, 0.15) is 32.4 Å². The van der Waals surface area contributed by atoms with Crippen LogP contribution in [0.1, 0.15) is 43.7 Å². The third-order valence-electron chi connectivity index (χ3n) is 4.22. The van der Waals surface area contributed by atoms with Gasteiger partial charge in [-0.2, -0.15) is 13.2 Å². The van der Waals surface area contributed by atoms with Crippen LogP contribution in [-0.4, -0.2) is 36.7 Å². The van der Waals surface area contributed by atoms with Gasteiger partial charge < -0.3 is 10.6 Å². The van der Waals surface area contributed by atoms with Gasteiger partial charge in [-0.05, 0) is 13.0 Å². The van der Waals surface area contributed by atoms with Crippen LogP contribution in [0.2, 0.25) is 5.02 Å². The Labute approximate surface area is 196 Å². The summed E-state index contributed by atoms with van der Waals surface area (Å²) in [6, 6.07) is 0.0598. The van der Waals surface area contributed by atoms with Crippen molar-refractivity contribution < 1.29 is 22.8 Å². The van der Waals surface area contributed by atoms with Gasteiger partial charge in [0.25, 0.3) is 11.8 Å². The summed E-state index contributed by atoms with van der Waals surface area (Å²) in [5.74, 6) is -1.52. The average molecular weight is 514 g/mol. The number of halogens is 4. The van der Waals surface area contributed by atoms with Crippen molar-refractivity contribution in [2.75, 3.05) is 5.32 Å². The SMILES string of the molecule is C[C@@H](NC(=O)c1ncnc2scnc12)c1ncc(C(=O)Nc2cc(C(F)(F)F)c(Cl)cn2)s1. The molecule has 4 aromatic heterocycles. The van der Waals surface area contributed by atoms with Crippen LogP contribution in [0, 0.1) is 0 Å². The summed E-state index contributed by atoms with van der Waals surface area (Å²) < 4.78 is 39.0. The van der Waals surface area contributed by atoms with E-state index in [4.69, 9.17) is 11.6 Å². The average Bonchev–Trinajstić information content (AvgIpc) is 3.43. The number of pyridine rings is 1. The van der Waals surface area contributed by atoms with Crippen molar-refractivity contribution >= 4 is 62.3 Å². The molecule has 0 unspecified atom stereocenters. The van der Waals surface area contributed by atoms with Gasteiger partial charge in [-0.3, -0.25) is 9.59 Å². The highest BCUT2D eigenvalue weighted by molar-refractivity contribution is 7.16. The summed E-state index contributed by atoms with van der Waals surface area (Å²) in [6.45, 7) is 1.66. The second-order valence-corrected chi connectivity index (χ2v) is 8.79. The van der Waals surface area contributed by atoms with E-state index in [9.17, 15) is 22.8 Å². The lowest BCUT2D eigenvalue weighted by Gasteiger charge is -2.11. The molecule has 0 fully saturated rings. The summed E-state index contributed by atoms with van der Waals surface area (Å²) in [6.07, 6.45) is -1.37. The van der Waals surface area contributed by atoms with E-state index in [1.807, 2.05) is 0 Å². The Kier molecular flexibility index (Phi) is 6.23. The van der Waals surface area contributed by atoms with Gasteiger partial charge in [0.15, 0.2) is 5.69 Å². The molecule has 33 heavy (non-hydrogen) atoms.